The predicted molar refractivity (Wildman–Crippen MR) is 80.1 cm³/mol. The number of hydrogen-bond acceptors (Lipinski definition) is 3. The van der Waals surface area contributed by atoms with Gasteiger partial charge in [-0.2, -0.15) is 22.5 Å². The van der Waals surface area contributed by atoms with Crippen LogP contribution in [0.4, 0.5) is 28.9 Å². The molecule has 0 aliphatic heterocycles. The van der Waals surface area contributed by atoms with Gasteiger partial charge in [-0.25, -0.2) is 0 Å². The Bertz CT molecular complexity index is 731. The lowest BCUT2D eigenvalue weighted by Crippen LogP contribution is -2.32. The zero-order valence-corrected chi connectivity index (χ0v) is 13.3. The molecule has 2 rings (SSSR count). The third-order valence-corrected chi connectivity index (χ3v) is 3.58. The van der Waals surface area contributed by atoms with E-state index in [9.17, 15) is 22.4 Å². The Labute approximate surface area is 137 Å². The Morgan fingerprint density at radius 1 is 1.17 bits per heavy atom. The van der Waals surface area contributed by atoms with E-state index in [1.165, 1.54) is 0 Å². The summed E-state index contributed by atoms with van der Waals surface area (Å²) in [6.07, 6.45) is 0. The summed E-state index contributed by atoms with van der Waals surface area (Å²) in [4.78, 5) is 15.1. The lowest BCUT2D eigenvalue weighted by molar-refractivity contribution is -0.114. The average molecular weight is 392 g/mol. The van der Waals surface area contributed by atoms with Crippen molar-refractivity contribution in [2.75, 3.05) is 23.8 Å². The average Bonchev–Trinajstić information content (AvgIpc) is 2.48. The molecule has 1 N–H and O–H groups in total. The quantitative estimate of drug-likeness (QED) is 0.640. The summed E-state index contributed by atoms with van der Waals surface area (Å²) < 4.78 is 54.0. The van der Waals surface area contributed by atoms with Crippen LogP contribution >= 0.6 is 15.9 Å². The van der Waals surface area contributed by atoms with Crippen LogP contribution in [0.25, 0.3) is 0 Å². The summed E-state index contributed by atoms with van der Waals surface area (Å²) in [5, 5.41) is 2.50. The molecule has 0 bridgehead atoms. The zero-order chi connectivity index (χ0) is 17.1. The van der Waals surface area contributed by atoms with E-state index in [1.54, 1.807) is 24.3 Å². The summed E-state index contributed by atoms with van der Waals surface area (Å²) in [5.41, 5.74) is -0.559. The highest BCUT2D eigenvalue weighted by Crippen LogP contribution is 2.25. The minimum atomic E-state index is -1.78. The second kappa shape index (κ2) is 6.95. The Balaban J connectivity index is 2.18. The summed E-state index contributed by atoms with van der Waals surface area (Å²) in [6, 6.07) is 6.71. The maximum Gasteiger partial charge on any atom is 0.253 e. The number of likely N-dealkylation sites (N-methyl/N-ethyl adjacent to an activating group) is 1. The van der Waals surface area contributed by atoms with Gasteiger partial charge >= 0.3 is 0 Å². The van der Waals surface area contributed by atoms with Crippen LogP contribution in [0.15, 0.2) is 28.7 Å². The summed E-state index contributed by atoms with van der Waals surface area (Å²) >= 11 is 3.22. The number of rotatable bonds is 4. The zero-order valence-electron chi connectivity index (χ0n) is 11.7. The number of para-hydroxylation sites is 1. The molecule has 0 unspecified atom stereocenters. The van der Waals surface area contributed by atoms with Crippen molar-refractivity contribution in [1.29, 1.82) is 0 Å². The molecule has 1 heterocycles. The molecule has 0 fully saturated rings. The van der Waals surface area contributed by atoms with Crippen molar-refractivity contribution >= 4 is 33.2 Å². The standard InChI is InChI=1S/C14H10BrF4N3O/c1-22(12-10(16)13(18)21-14(19)11(12)17)6-9(23)20-8-5-3-2-4-7(8)15/h2-5H,6H2,1H3,(H,20,23). The minimum Gasteiger partial charge on any atom is -0.360 e. The van der Waals surface area contributed by atoms with Gasteiger partial charge in [0.2, 0.25) is 17.5 Å². The molecular weight excluding hydrogens is 382 g/mol. The second-order valence-electron chi connectivity index (χ2n) is 4.55. The van der Waals surface area contributed by atoms with E-state index in [0.717, 1.165) is 11.9 Å². The largest absolute Gasteiger partial charge is 0.360 e. The maximum absolute atomic E-state index is 13.6. The van der Waals surface area contributed by atoms with Crippen LogP contribution in [0.2, 0.25) is 0 Å². The van der Waals surface area contributed by atoms with Crippen LogP contribution in [-0.2, 0) is 4.79 Å². The van der Waals surface area contributed by atoms with Crippen LogP contribution in [-0.4, -0.2) is 24.5 Å². The number of amides is 1. The third kappa shape index (κ3) is 3.79. The van der Waals surface area contributed by atoms with E-state index >= 15 is 0 Å². The SMILES string of the molecule is CN(CC(=O)Nc1ccccc1Br)c1c(F)c(F)nc(F)c1F. The molecule has 23 heavy (non-hydrogen) atoms. The van der Waals surface area contributed by atoms with Crippen LogP contribution in [0, 0.1) is 23.5 Å². The fourth-order valence-electron chi connectivity index (χ4n) is 1.86. The molecule has 0 spiro atoms. The first kappa shape index (κ1) is 17.2. The summed E-state index contributed by atoms with van der Waals surface area (Å²) in [6.45, 7) is -0.530. The van der Waals surface area contributed by atoms with Crippen molar-refractivity contribution in [2.24, 2.45) is 0 Å². The molecule has 1 aromatic carbocycles. The highest BCUT2D eigenvalue weighted by molar-refractivity contribution is 9.10. The molecule has 0 atom stereocenters. The van der Waals surface area contributed by atoms with Gasteiger partial charge < -0.3 is 10.2 Å². The number of benzene rings is 1. The Morgan fingerprint density at radius 2 is 1.74 bits per heavy atom. The number of nitrogens with zero attached hydrogens (tertiary/aromatic N) is 2. The van der Waals surface area contributed by atoms with Crippen LogP contribution in [0.3, 0.4) is 0 Å². The first-order valence-electron chi connectivity index (χ1n) is 6.26. The monoisotopic (exact) mass is 391 g/mol. The van der Waals surface area contributed by atoms with E-state index in [2.05, 4.69) is 26.2 Å². The number of carbonyl (C=O) groups excluding carboxylic acids is 1. The van der Waals surface area contributed by atoms with Gasteiger partial charge in [-0.05, 0) is 28.1 Å². The van der Waals surface area contributed by atoms with E-state index < -0.39 is 41.7 Å². The lowest BCUT2D eigenvalue weighted by atomic mass is 10.3. The van der Waals surface area contributed by atoms with Crippen LogP contribution < -0.4 is 10.2 Å². The fraction of sp³-hybridized carbons (Fsp3) is 0.143. The van der Waals surface area contributed by atoms with Crippen LogP contribution in [0.5, 0.6) is 0 Å². The van der Waals surface area contributed by atoms with Gasteiger partial charge in [-0.3, -0.25) is 4.79 Å². The fourth-order valence-corrected chi connectivity index (χ4v) is 2.24. The second-order valence-corrected chi connectivity index (χ2v) is 5.41. The molecule has 0 saturated heterocycles. The Hall–Kier alpha value is -2.16. The minimum absolute atomic E-state index is 0.443. The molecular formula is C14H10BrF4N3O. The number of hydrogen-bond donors (Lipinski definition) is 1. The highest BCUT2D eigenvalue weighted by atomic mass is 79.9. The lowest BCUT2D eigenvalue weighted by Gasteiger charge is -2.20. The molecule has 2 aromatic rings. The predicted octanol–water partition coefficient (Wildman–Crippen LogP) is 3.48. The molecule has 0 saturated carbocycles. The van der Waals surface area contributed by atoms with Gasteiger partial charge in [0.15, 0.2) is 0 Å². The first-order chi connectivity index (χ1) is 10.8. The van der Waals surface area contributed by atoms with Crippen molar-refractivity contribution in [3.8, 4) is 0 Å². The van der Waals surface area contributed by atoms with Crippen molar-refractivity contribution in [1.82, 2.24) is 4.98 Å². The molecule has 1 amide bonds. The van der Waals surface area contributed by atoms with Crippen LogP contribution in [0.1, 0.15) is 0 Å². The van der Waals surface area contributed by atoms with E-state index in [0.29, 0.717) is 10.2 Å². The number of halogens is 5. The highest BCUT2D eigenvalue weighted by Gasteiger charge is 2.24. The number of carbonyl (C=O) groups is 1. The number of nitrogens with one attached hydrogen (secondary N) is 1. The molecule has 122 valence electrons. The Kier molecular flexibility index (Phi) is 5.19. The maximum atomic E-state index is 13.6. The molecule has 0 radical (unpaired) electrons. The molecule has 4 nitrogen and oxygen atoms in total. The van der Waals surface area contributed by atoms with Crippen molar-refractivity contribution in [3.05, 3.63) is 52.3 Å². The van der Waals surface area contributed by atoms with Gasteiger partial charge in [0, 0.05) is 11.5 Å². The number of pyridine rings is 1. The smallest absolute Gasteiger partial charge is 0.253 e. The third-order valence-electron chi connectivity index (χ3n) is 2.88. The topological polar surface area (TPSA) is 45.2 Å². The number of aromatic nitrogens is 1. The van der Waals surface area contributed by atoms with E-state index in [1.807, 2.05) is 0 Å². The van der Waals surface area contributed by atoms with E-state index in [-0.39, 0.29) is 0 Å². The molecule has 0 aliphatic carbocycles. The summed E-state index contributed by atoms with van der Waals surface area (Å²) in [7, 11) is 1.12. The van der Waals surface area contributed by atoms with Gasteiger partial charge in [-0.1, -0.05) is 12.1 Å². The molecule has 0 aliphatic rings. The van der Waals surface area contributed by atoms with E-state index in [4.69, 9.17) is 0 Å². The van der Waals surface area contributed by atoms with Crippen molar-refractivity contribution in [3.63, 3.8) is 0 Å². The Morgan fingerprint density at radius 3 is 2.30 bits per heavy atom. The molecule has 1 aromatic heterocycles. The van der Waals surface area contributed by atoms with Gasteiger partial charge in [0.05, 0.1) is 12.2 Å². The van der Waals surface area contributed by atoms with Gasteiger partial charge in [-0.15, -0.1) is 0 Å². The van der Waals surface area contributed by atoms with Gasteiger partial charge in [0.1, 0.15) is 5.69 Å². The number of anilines is 2. The first-order valence-corrected chi connectivity index (χ1v) is 7.06. The normalized spacial score (nSPS) is 10.5. The van der Waals surface area contributed by atoms with Gasteiger partial charge in [0.25, 0.3) is 11.9 Å². The summed E-state index contributed by atoms with van der Waals surface area (Å²) in [5.74, 6) is -7.52. The molecule has 9 heteroatoms. The van der Waals surface area contributed by atoms with Crippen molar-refractivity contribution < 1.29 is 22.4 Å². The van der Waals surface area contributed by atoms with Crippen molar-refractivity contribution in [2.45, 2.75) is 0 Å².